The maximum atomic E-state index is 12.5. The number of aliphatic hydroxyl groups is 8. The zero-order chi connectivity index (χ0) is 50.0. The van der Waals surface area contributed by atoms with Crippen molar-refractivity contribution < 1.29 is 88.7 Å². The van der Waals surface area contributed by atoms with Crippen LogP contribution >= 0.6 is 0 Å². The lowest BCUT2D eigenvalue weighted by atomic mass is 9.33. The Morgan fingerprint density at radius 2 is 1.29 bits per heavy atom. The van der Waals surface area contributed by atoms with E-state index >= 15 is 0 Å². The Bertz CT molecular complexity index is 1910. The second kappa shape index (κ2) is 18.3. The van der Waals surface area contributed by atoms with Gasteiger partial charge < -0.3 is 79.1 Å². The van der Waals surface area contributed by atoms with E-state index in [-0.39, 0.29) is 51.0 Å². The van der Waals surface area contributed by atoms with E-state index in [4.69, 9.17) is 33.2 Å². The molecule has 4 saturated carbocycles. The zero-order valence-electron chi connectivity index (χ0n) is 41.4. The van der Waals surface area contributed by atoms with Crippen molar-refractivity contribution in [2.45, 2.75) is 231 Å². The third-order valence-corrected chi connectivity index (χ3v) is 19.6. The fraction of sp³-hybridized carbons (Fsp3) is 0.920. The number of hydrogen-bond donors (Lipinski definition) is 9. The Morgan fingerprint density at radius 3 is 1.93 bits per heavy atom. The van der Waals surface area contributed by atoms with E-state index in [0.717, 1.165) is 51.4 Å². The van der Waals surface area contributed by atoms with Gasteiger partial charge in [-0.2, -0.15) is 0 Å². The summed E-state index contributed by atoms with van der Waals surface area (Å²) in [4.78, 5) is 24.9. The summed E-state index contributed by atoms with van der Waals surface area (Å²) in [7, 11) is 0. The minimum atomic E-state index is -2.03. The highest BCUT2D eigenvalue weighted by atomic mass is 16.8. The van der Waals surface area contributed by atoms with Crippen LogP contribution in [0.2, 0.25) is 0 Å². The van der Waals surface area contributed by atoms with E-state index in [9.17, 15) is 55.5 Å². The molecule has 0 bridgehead atoms. The number of fused-ring (bicyclic) bond motifs is 7. The molecule has 0 spiro atoms. The number of allylic oxidation sites excluding steroid dienone is 2. The number of aliphatic hydroxyl groups excluding tert-OH is 8. The number of esters is 1. The molecule has 5 aliphatic carbocycles. The molecule has 3 saturated heterocycles. The van der Waals surface area contributed by atoms with Crippen LogP contribution in [0.3, 0.4) is 0 Å². The summed E-state index contributed by atoms with van der Waals surface area (Å²) in [6, 6.07) is 0. The van der Waals surface area contributed by atoms with Crippen LogP contribution in [0.15, 0.2) is 11.6 Å². The van der Waals surface area contributed by atoms with Crippen molar-refractivity contribution in [3.63, 3.8) is 0 Å². The van der Waals surface area contributed by atoms with Crippen LogP contribution < -0.4 is 0 Å². The van der Waals surface area contributed by atoms with Gasteiger partial charge in [0.15, 0.2) is 25.0 Å². The lowest BCUT2D eigenvalue weighted by Crippen LogP contribution is -2.68. The molecule has 18 heteroatoms. The summed E-state index contributed by atoms with van der Waals surface area (Å²) in [5.74, 6) is -1.04. The number of aliphatic carboxylic acids is 1. The average Bonchev–Trinajstić information content (AvgIpc) is 3.25. The highest BCUT2D eigenvalue weighted by Gasteiger charge is 2.69. The predicted molar refractivity (Wildman–Crippen MR) is 239 cm³/mol. The Balaban J connectivity index is 1.06. The van der Waals surface area contributed by atoms with Gasteiger partial charge in [-0.1, -0.05) is 67.0 Å². The normalized spacial score (nSPS) is 53.1. The Labute approximate surface area is 399 Å². The topological polar surface area (TPSA) is 281 Å². The van der Waals surface area contributed by atoms with Gasteiger partial charge in [0.25, 0.3) is 0 Å². The number of carboxylic acid groups (broad SMARTS) is 1. The lowest BCUT2D eigenvalue weighted by molar-refractivity contribution is -0.395. The molecule has 0 radical (unpaired) electrons. The zero-order valence-corrected chi connectivity index (χ0v) is 41.4. The van der Waals surface area contributed by atoms with E-state index in [2.05, 4.69) is 61.5 Å². The van der Waals surface area contributed by atoms with Crippen LogP contribution in [0.5, 0.6) is 0 Å². The van der Waals surface area contributed by atoms with Gasteiger partial charge in [0.1, 0.15) is 67.1 Å². The van der Waals surface area contributed by atoms with Crippen LogP contribution in [-0.2, 0) is 42.7 Å². The highest BCUT2D eigenvalue weighted by Crippen LogP contribution is 2.76. The van der Waals surface area contributed by atoms with Gasteiger partial charge in [0.2, 0.25) is 0 Å². The molecule has 3 heterocycles. The van der Waals surface area contributed by atoms with Crippen molar-refractivity contribution >= 4 is 11.9 Å². The Morgan fingerprint density at radius 1 is 0.662 bits per heavy atom. The summed E-state index contributed by atoms with van der Waals surface area (Å²) in [6.07, 6.45) is -16.0. The van der Waals surface area contributed by atoms with Crippen molar-refractivity contribution in [1.29, 1.82) is 0 Å². The van der Waals surface area contributed by atoms with Gasteiger partial charge in [-0.25, -0.2) is 4.79 Å². The monoisotopic (exact) mass is 969 g/mol. The molecule has 0 aromatic heterocycles. The van der Waals surface area contributed by atoms with E-state index < -0.39 is 116 Å². The molecular weight excluding hydrogens is 889 g/mol. The second-order valence-electron chi connectivity index (χ2n) is 24.3. The molecule has 0 aromatic rings. The first-order chi connectivity index (χ1) is 31.6. The number of hydrogen-bond acceptors (Lipinski definition) is 17. The minimum absolute atomic E-state index is 0.00444. The van der Waals surface area contributed by atoms with Crippen LogP contribution in [0, 0.1) is 50.2 Å². The van der Waals surface area contributed by atoms with E-state index in [1.807, 2.05) is 0 Å². The molecule has 8 aliphatic rings. The molecule has 388 valence electrons. The Kier molecular flexibility index (Phi) is 14.1. The molecule has 8 rings (SSSR count). The fourth-order valence-electron chi connectivity index (χ4n) is 15.4. The minimum Gasteiger partial charge on any atom is -0.479 e. The molecule has 18 nitrogen and oxygen atoms in total. The fourth-order valence-corrected chi connectivity index (χ4v) is 15.4. The summed E-state index contributed by atoms with van der Waals surface area (Å²) in [6.45, 7) is 20.8. The van der Waals surface area contributed by atoms with E-state index in [1.165, 1.54) is 19.4 Å². The first kappa shape index (κ1) is 52.4. The van der Waals surface area contributed by atoms with Crippen LogP contribution in [-0.4, -0.2) is 169 Å². The summed E-state index contributed by atoms with van der Waals surface area (Å²) < 4.78 is 42.6. The van der Waals surface area contributed by atoms with Crippen LogP contribution in [0.4, 0.5) is 0 Å². The Hall–Kier alpha value is -1.88. The SMILES string of the molecule is CC(=O)OC1CC(C)(C)CC2C3=CCC4C5(C)CCC(OC6OC(C(=O)O)C(O)C(O)C6OC6OC(CO)C(O)C(O)C6OC6OC(C)C(O)C(O)C6O)C(C)(C)C5CCC4(C)C3(C)CCC12C. The van der Waals surface area contributed by atoms with Crippen molar-refractivity contribution in [1.82, 2.24) is 0 Å². The van der Waals surface area contributed by atoms with Gasteiger partial charge in [-0.15, -0.1) is 0 Å². The molecule has 24 unspecified atom stereocenters. The number of carbonyl (C=O) groups is 2. The van der Waals surface area contributed by atoms with Crippen molar-refractivity contribution in [3.8, 4) is 0 Å². The van der Waals surface area contributed by atoms with Gasteiger partial charge in [-0.05, 0) is 110 Å². The van der Waals surface area contributed by atoms with E-state index in [0.29, 0.717) is 12.3 Å². The maximum Gasteiger partial charge on any atom is 0.335 e. The molecule has 24 atom stereocenters. The second-order valence-corrected chi connectivity index (χ2v) is 24.3. The van der Waals surface area contributed by atoms with Crippen LogP contribution in [0.25, 0.3) is 0 Å². The molecule has 7 fully saturated rings. The lowest BCUT2D eigenvalue weighted by Gasteiger charge is -2.71. The first-order valence-corrected chi connectivity index (χ1v) is 25.0. The van der Waals surface area contributed by atoms with Crippen LogP contribution in [0.1, 0.15) is 127 Å². The smallest absolute Gasteiger partial charge is 0.335 e. The molecule has 3 aliphatic heterocycles. The third-order valence-electron chi connectivity index (χ3n) is 19.6. The number of carboxylic acids is 1. The van der Waals surface area contributed by atoms with Crippen molar-refractivity contribution in [3.05, 3.63) is 11.6 Å². The third kappa shape index (κ3) is 8.33. The first-order valence-electron chi connectivity index (χ1n) is 25.0. The highest BCUT2D eigenvalue weighted by molar-refractivity contribution is 5.73. The molecule has 0 aromatic carbocycles. The van der Waals surface area contributed by atoms with Gasteiger partial charge in [-0.3, -0.25) is 4.79 Å². The van der Waals surface area contributed by atoms with Crippen molar-refractivity contribution in [2.24, 2.45) is 50.2 Å². The van der Waals surface area contributed by atoms with Gasteiger partial charge in [0, 0.05) is 12.3 Å². The number of rotatable bonds is 9. The summed E-state index contributed by atoms with van der Waals surface area (Å²) >= 11 is 0. The number of carbonyl (C=O) groups excluding carboxylic acids is 1. The molecule has 0 amide bonds. The predicted octanol–water partition coefficient (Wildman–Crippen LogP) is 2.30. The summed E-state index contributed by atoms with van der Waals surface area (Å²) in [5, 5.41) is 96.8. The maximum absolute atomic E-state index is 12.5. The van der Waals surface area contributed by atoms with Crippen molar-refractivity contribution in [2.75, 3.05) is 6.61 Å². The standard InChI is InChI=1S/C50H80O18/c1-22-31(53)33(55)37(59)42(62-22)67-39-34(56)32(54)26(21-51)64-43(39)68-40-36(58)35(57)38(41(60)61)66-44(40)65-29-14-15-48(8)27(46(29,5)6)13-16-50(10)28(48)12-11-24-25-19-45(3,4)20-30(63-23(2)52)47(25,7)17-18-49(24,50)9/h11,22,25-40,42-44,51,53-59H,12-21H2,1-10H3,(H,60,61). The largest absolute Gasteiger partial charge is 0.479 e. The quantitative estimate of drug-likeness (QED) is 0.0911. The van der Waals surface area contributed by atoms with Gasteiger partial charge >= 0.3 is 11.9 Å². The summed E-state index contributed by atoms with van der Waals surface area (Å²) in [5.41, 5.74) is 0.574. The molecular formula is C50H80O18. The number of ether oxygens (including phenoxy) is 7. The average molecular weight is 969 g/mol. The molecule has 68 heavy (non-hydrogen) atoms. The molecule has 9 N–H and O–H groups in total. The van der Waals surface area contributed by atoms with Gasteiger partial charge in [0.05, 0.1) is 18.8 Å². The van der Waals surface area contributed by atoms with E-state index in [1.54, 1.807) is 0 Å².